The Morgan fingerprint density at radius 1 is 1.41 bits per heavy atom. The van der Waals surface area contributed by atoms with Crippen molar-refractivity contribution >= 4 is 27.4 Å². The van der Waals surface area contributed by atoms with Crippen molar-refractivity contribution in [3.8, 4) is 0 Å². The van der Waals surface area contributed by atoms with Gasteiger partial charge in [0.15, 0.2) is 0 Å². The van der Waals surface area contributed by atoms with E-state index in [-0.39, 0.29) is 12.2 Å². The molecule has 1 fully saturated rings. The molecule has 0 aliphatic carbocycles. The molecule has 17 heavy (non-hydrogen) atoms. The minimum Gasteiger partial charge on any atom is -0.397 e. The Hall–Kier alpha value is -0.810. The molecule has 0 saturated carbocycles. The molecule has 1 saturated heterocycles. The highest BCUT2D eigenvalue weighted by atomic mass is 79.9. The molecule has 2 rings (SSSR count). The van der Waals surface area contributed by atoms with Crippen LogP contribution in [0.15, 0.2) is 10.7 Å². The molecule has 0 unspecified atom stereocenters. The van der Waals surface area contributed by atoms with Crippen LogP contribution in [0, 0.1) is 6.92 Å². The molecule has 0 amide bonds. The fraction of sp³-hybridized carbons (Fsp3) is 0.583. The van der Waals surface area contributed by atoms with Crippen LogP contribution < -0.4 is 10.6 Å². The van der Waals surface area contributed by atoms with Gasteiger partial charge in [0, 0.05) is 13.1 Å². The zero-order chi connectivity index (χ0) is 12.6. The monoisotopic (exact) mass is 299 g/mol. The van der Waals surface area contributed by atoms with E-state index >= 15 is 0 Å². The summed E-state index contributed by atoms with van der Waals surface area (Å²) in [6.45, 7) is 7.89. The predicted molar refractivity (Wildman–Crippen MR) is 73.3 cm³/mol. The molecule has 1 aliphatic heterocycles. The van der Waals surface area contributed by atoms with Crippen molar-refractivity contribution in [2.75, 3.05) is 23.7 Å². The SMILES string of the molecule is Cc1c(N)cnc(N2C[C@@H](C)O[C@@H](C)C2)c1Br. The lowest BCUT2D eigenvalue weighted by molar-refractivity contribution is -0.00550. The number of nitrogen functional groups attached to an aromatic ring is 1. The standard InChI is InChI=1S/C12H18BrN3O/c1-7-5-16(6-8(2)17-7)12-11(13)9(3)10(14)4-15-12/h4,7-8H,5-6,14H2,1-3H3/t7-,8+. The Kier molecular flexibility index (Phi) is 3.58. The molecule has 4 nitrogen and oxygen atoms in total. The van der Waals surface area contributed by atoms with Gasteiger partial charge in [0.1, 0.15) is 5.82 Å². The van der Waals surface area contributed by atoms with E-state index in [0.717, 1.165) is 34.6 Å². The largest absolute Gasteiger partial charge is 0.397 e. The summed E-state index contributed by atoms with van der Waals surface area (Å²) < 4.78 is 6.71. The van der Waals surface area contributed by atoms with Gasteiger partial charge in [-0.3, -0.25) is 0 Å². The normalized spacial score (nSPS) is 25.1. The average molecular weight is 300 g/mol. The second-order valence-electron chi connectivity index (χ2n) is 4.64. The third kappa shape index (κ3) is 2.55. The van der Waals surface area contributed by atoms with Crippen molar-refractivity contribution in [1.82, 2.24) is 4.98 Å². The van der Waals surface area contributed by atoms with Crippen LogP contribution >= 0.6 is 15.9 Å². The molecule has 0 radical (unpaired) electrons. The highest BCUT2D eigenvalue weighted by Crippen LogP contribution is 2.31. The number of hydrogen-bond donors (Lipinski definition) is 1. The number of ether oxygens (including phenoxy) is 1. The maximum absolute atomic E-state index is 5.84. The van der Waals surface area contributed by atoms with Crippen molar-refractivity contribution in [2.45, 2.75) is 33.0 Å². The molecular formula is C12H18BrN3O. The first-order chi connectivity index (χ1) is 7.99. The topological polar surface area (TPSA) is 51.4 Å². The average Bonchev–Trinajstić information content (AvgIpc) is 2.24. The predicted octanol–water partition coefficient (Wildman–Crippen LogP) is 2.35. The van der Waals surface area contributed by atoms with E-state index in [1.807, 2.05) is 6.92 Å². The van der Waals surface area contributed by atoms with Gasteiger partial charge in [0.2, 0.25) is 0 Å². The number of nitrogens with zero attached hydrogens (tertiary/aromatic N) is 2. The first-order valence-corrected chi connectivity index (χ1v) is 6.59. The van der Waals surface area contributed by atoms with Crippen LogP contribution in [0.5, 0.6) is 0 Å². The van der Waals surface area contributed by atoms with Gasteiger partial charge in [-0.1, -0.05) is 0 Å². The summed E-state index contributed by atoms with van der Waals surface area (Å²) in [5.41, 5.74) is 7.60. The van der Waals surface area contributed by atoms with E-state index < -0.39 is 0 Å². The van der Waals surface area contributed by atoms with Gasteiger partial charge in [0.05, 0.1) is 28.6 Å². The molecule has 0 bridgehead atoms. The Morgan fingerprint density at radius 2 is 2.00 bits per heavy atom. The van der Waals surface area contributed by atoms with E-state index in [1.54, 1.807) is 6.20 Å². The summed E-state index contributed by atoms with van der Waals surface area (Å²) in [5.74, 6) is 0.957. The zero-order valence-corrected chi connectivity index (χ0v) is 12.0. The Morgan fingerprint density at radius 3 is 2.59 bits per heavy atom. The molecule has 0 spiro atoms. The minimum atomic E-state index is 0.227. The summed E-state index contributed by atoms with van der Waals surface area (Å²) in [5, 5.41) is 0. The maximum Gasteiger partial charge on any atom is 0.143 e. The van der Waals surface area contributed by atoms with Crippen LogP contribution in [0.4, 0.5) is 11.5 Å². The molecule has 2 atom stereocenters. The fourth-order valence-corrected chi connectivity index (χ4v) is 2.73. The minimum absolute atomic E-state index is 0.227. The number of aromatic nitrogens is 1. The lowest BCUT2D eigenvalue weighted by Crippen LogP contribution is -2.46. The molecule has 2 heterocycles. The van der Waals surface area contributed by atoms with Gasteiger partial charge in [0.25, 0.3) is 0 Å². The molecular weight excluding hydrogens is 282 g/mol. The zero-order valence-electron chi connectivity index (χ0n) is 10.4. The van der Waals surface area contributed by atoms with E-state index in [2.05, 4.69) is 39.7 Å². The number of rotatable bonds is 1. The van der Waals surface area contributed by atoms with Crippen LogP contribution in [0.25, 0.3) is 0 Å². The van der Waals surface area contributed by atoms with E-state index in [9.17, 15) is 0 Å². The molecule has 5 heteroatoms. The first-order valence-electron chi connectivity index (χ1n) is 5.80. The second-order valence-corrected chi connectivity index (χ2v) is 5.43. The number of nitrogens with two attached hydrogens (primary N) is 1. The van der Waals surface area contributed by atoms with Crippen molar-refractivity contribution in [3.05, 3.63) is 16.2 Å². The number of anilines is 2. The van der Waals surface area contributed by atoms with Crippen LogP contribution in [0.1, 0.15) is 19.4 Å². The third-order valence-electron chi connectivity index (χ3n) is 3.00. The summed E-state index contributed by atoms with van der Waals surface area (Å²) in [7, 11) is 0. The quantitative estimate of drug-likeness (QED) is 0.865. The molecule has 94 valence electrons. The van der Waals surface area contributed by atoms with Gasteiger partial charge in [-0.05, 0) is 42.3 Å². The number of hydrogen-bond acceptors (Lipinski definition) is 4. The molecule has 1 aliphatic rings. The summed E-state index contributed by atoms with van der Waals surface area (Å²) in [6, 6.07) is 0. The maximum atomic E-state index is 5.84. The van der Waals surface area contributed by atoms with Gasteiger partial charge in [-0.15, -0.1) is 0 Å². The van der Waals surface area contributed by atoms with Crippen molar-refractivity contribution < 1.29 is 4.74 Å². The van der Waals surface area contributed by atoms with Crippen molar-refractivity contribution in [2.24, 2.45) is 0 Å². The second kappa shape index (κ2) is 4.82. The summed E-state index contributed by atoms with van der Waals surface area (Å²) in [6.07, 6.45) is 2.18. The highest BCUT2D eigenvalue weighted by Gasteiger charge is 2.25. The van der Waals surface area contributed by atoms with E-state index in [4.69, 9.17) is 10.5 Å². The molecule has 0 aromatic carbocycles. The Labute approximate surface area is 110 Å². The smallest absolute Gasteiger partial charge is 0.143 e. The van der Waals surface area contributed by atoms with Gasteiger partial charge >= 0.3 is 0 Å². The van der Waals surface area contributed by atoms with Crippen LogP contribution in [0.3, 0.4) is 0 Å². The lowest BCUT2D eigenvalue weighted by Gasteiger charge is -2.36. The van der Waals surface area contributed by atoms with Gasteiger partial charge < -0.3 is 15.4 Å². The molecule has 1 aromatic rings. The summed E-state index contributed by atoms with van der Waals surface area (Å²) in [4.78, 5) is 6.68. The van der Waals surface area contributed by atoms with Crippen LogP contribution in [-0.4, -0.2) is 30.3 Å². The van der Waals surface area contributed by atoms with E-state index in [1.165, 1.54) is 0 Å². The van der Waals surface area contributed by atoms with Crippen LogP contribution in [-0.2, 0) is 4.74 Å². The fourth-order valence-electron chi connectivity index (χ4n) is 2.15. The van der Waals surface area contributed by atoms with Crippen molar-refractivity contribution in [1.29, 1.82) is 0 Å². The Balaban J connectivity index is 2.31. The van der Waals surface area contributed by atoms with Crippen LogP contribution in [0.2, 0.25) is 0 Å². The highest BCUT2D eigenvalue weighted by molar-refractivity contribution is 9.10. The summed E-state index contributed by atoms with van der Waals surface area (Å²) >= 11 is 3.58. The lowest BCUT2D eigenvalue weighted by atomic mass is 10.2. The number of halogens is 1. The van der Waals surface area contributed by atoms with Crippen molar-refractivity contribution in [3.63, 3.8) is 0 Å². The van der Waals surface area contributed by atoms with E-state index in [0.29, 0.717) is 0 Å². The molecule has 2 N–H and O–H groups in total. The first kappa shape index (κ1) is 12.6. The number of morpholine rings is 1. The molecule has 1 aromatic heterocycles. The van der Waals surface area contributed by atoms with Gasteiger partial charge in [-0.25, -0.2) is 4.98 Å². The van der Waals surface area contributed by atoms with Gasteiger partial charge in [-0.2, -0.15) is 0 Å². The number of pyridine rings is 1. The third-order valence-corrected chi connectivity index (χ3v) is 3.95. The Bertz CT molecular complexity index is 414.